The fourth-order valence-electron chi connectivity index (χ4n) is 3.20. The van der Waals surface area contributed by atoms with Crippen LogP contribution in [0.1, 0.15) is 37.9 Å². The van der Waals surface area contributed by atoms with Crippen LogP contribution < -0.4 is 10.6 Å². The zero-order chi connectivity index (χ0) is 18.1. The Balaban J connectivity index is 1.89. The highest BCUT2D eigenvalue weighted by Crippen LogP contribution is 2.16. The predicted molar refractivity (Wildman–Crippen MR) is 105 cm³/mol. The van der Waals surface area contributed by atoms with Gasteiger partial charge in [-0.2, -0.15) is 0 Å². The van der Waals surface area contributed by atoms with Gasteiger partial charge < -0.3 is 15.4 Å². The molecule has 1 aliphatic rings. The van der Waals surface area contributed by atoms with Crippen LogP contribution in [0.5, 0.6) is 0 Å². The minimum absolute atomic E-state index is 0.230. The molecule has 2 unspecified atom stereocenters. The van der Waals surface area contributed by atoms with Gasteiger partial charge in [-0.25, -0.2) is 0 Å². The lowest BCUT2D eigenvalue weighted by molar-refractivity contribution is 0.0323. The van der Waals surface area contributed by atoms with Crippen LogP contribution in [0.15, 0.2) is 29.3 Å². The summed E-state index contributed by atoms with van der Waals surface area (Å²) in [5.41, 5.74) is 2.62. The minimum Gasteiger partial charge on any atom is -0.379 e. The summed E-state index contributed by atoms with van der Waals surface area (Å²) in [6, 6.07) is 8.74. The summed E-state index contributed by atoms with van der Waals surface area (Å²) in [6.45, 7) is 15.3. The molecular weight excluding hydrogens is 312 g/mol. The van der Waals surface area contributed by atoms with Crippen LogP contribution in [0.25, 0.3) is 0 Å². The summed E-state index contributed by atoms with van der Waals surface area (Å²) in [4.78, 5) is 7.28. The van der Waals surface area contributed by atoms with E-state index in [-0.39, 0.29) is 6.04 Å². The van der Waals surface area contributed by atoms with Crippen molar-refractivity contribution in [1.29, 1.82) is 0 Å². The van der Waals surface area contributed by atoms with E-state index >= 15 is 0 Å². The lowest BCUT2D eigenvalue weighted by Crippen LogP contribution is -2.41. The summed E-state index contributed by atoms with van der Waals surface area (Å²) < 4.78 is 5.42. The van der Waals surface area contributed by atoms with Crippen LogP contribution >= 0.6 is 0 Å². The maximum absolute atomic E-state index is 5.42. The highest BCUT2D eigenvalue weighted by atomic mass is 16.5. The molecule has 1 aliphatic heterocycles. The van der Waals surface area contributed by atoms with Gasteiger partial charge in [-0.3, -0.25) is 9.89 Å². The Morgan fingerprint density at radius 1 is 1.24 bits per heavy atom. The van der Waals surface area contributed by atoms with Crippen molar-refractivity contribution in [3.05, 3.63) is 35.4 Å². The van der Waals surface area contributed by atoms with Crippen molar-refractivity contribution in [2.45, 2.75) is 33.7 Å². The Labute approximate surface area is 152 Å². The van der Waals surface area contributed by atoms with Gasteiger partial charge in [0.15, 0.2) is 5.96 Å². The number of hydrogen-bond acceptors (Lipinski definition) is 3. The summed E-state index contributed by atoms with van der Waals surface area (Å²) >= 11 is 0. The van der Waals surface area contributed by atoms with Gasteiger partial charge in [-0.1, -0.05) is 31.2 Å². The lowest BCUT2D eigenvalue weighted by Gasteiger charge is -2.28. The number of hydrogen-bond donors (Lipinski definition) is 2. The first-order valence-corrected chi connectivity index (χ1v) is 9.50. The molecule has 5 heteroatoms. The fraction of sp³-hybridized carbons (Fsp3) is 0.650. The first-order chi connectivity index (χ1) is 12.1. The van der Waals surface area contributed by atoms with Crippen LogP contribution in [-0.4, -0.2) is 56.8 Å². The molecule has 5 nitrogen and oxygen atoms in total. The van der Waals surface area contributed by atoms with E-state index in [0.717, 1.165) is 51.9 Å². The van der Waals surface area contributed by atoms with Gasteiger partial charge in [0.1, 0.15) is 0 Å². The number of benzene rings is 1. The smallest absolute Gasteiger partial charge is 0.191 e. The topological polar surface area (TPSA) is 48.9 Å². The fourth-order valence-corrected chi connectivity index (χ4v) is 3.20. The maximum atomic E-state index is 5.42. The molecule has 0 aliphatic carbocycles. The Hall–Kier alpha value is -1.59. The molecule has 25 heavy (non-hydrogen) atoms. The quantitative estimate of drug-likeness (QED) is 0.588. The van der Waals surface area contributed by atoms with Gasteiger partial charge in [0.25, 0.3) is 0 Å². The van der Waals surface area contributed by atoms with Crippen LogP contribution in [0.2, 0.25) is 0 Å². The first kappa shape index (κ1) is 19.7. The number of ether oxygens (including phenoxy) is 1. The van der Waals surface area contributed by atoms with Gasteiger partial charge in [0.2, 0.25) is 0 Å². The van der Waals surface area contributed by atoms with Crippen LogP contribution in [0.4, 0.5) is 0 Å². The Morgan fingerprint density at radius 3 is 2.64 bits per heavy atom. The van der Waals surface area contributed by atoms with Crippen molar-refractivity contribution in [2.75, 3.05) is 45.9 Å². The normalized spacial score (nSPS) is 18.6. The highest BCUT2D eigenvalue weighted by molar-refractivity contribution is 5.80. The van der Waals surface area contributed by atoms with Gasteiger partial charge in [0, 0.05) is 32.7 Å². The Kier molecular flexibility index (Phi) is 8.22. The molecule has 1 fully saturated rings. The number of rotatable bonds is 7. The molecule has 0 bridgehead atoms. The van der Waals surface area contributed by atoms with Crippen molar-refractivity contribution < 1.29 is 4.74 Å². The van der Waals surface area contributed by atoms with Crippen molar-refractivity contribution in [3.63, 3.8) is 0 Å². The molecule has 1 heterocycles. The van der Waals surface area contributed by atoms with Crippen molar-refractivity contribution in [3.8, 4) is 0 Å². The van der Waals surface area contributed by atoms with E-state index in [1.165, 1.54) is 11.1 Å². The molecule has 1 aromatic rings. The van der Waals surface area contributed by atoms with E-state index in [9.17, 15) is 0 Å². The van der Waals surface area contributed by atoms with Crippen LogP contribution in [-0.2, 0) is 4.74 Å². The van der Waals surface area contributed by atoms with E-state index in [1.54, 1.807) is 0 Å². The second-order valence-corrected chi connectivity index (χ2v) is 6.96. The second kappa shape index (κ2) is 10.4. The van der Waals surface area contributed by atoms with Crippen molar-refractivity contribution in [1.82, 2.24) is 15.5 Å². The summed E-state index contributed by atoms with van der Waals surface area (Å²) in [7, 11) is 0. The Morgan fingerprint density at radius 2 is 1.96 bits per heavy atom. The SMILES string of the molecule is CCNC(=NCC(C)CN1CCOCC1)NC(C)c1ccccc1C. The molecule has 1 saturated heterocycles. The molecule has 0 amide bonds. The molecule has 2 atom stereocenters. The van der Waals surface area contributed by atoms with Gasteiger partial charge in [-0.15, -0.1) is 0 Å². The molecule has 0 spiro atoms. The van der Waals surface area contributed by atoms with Gasteiger partial charge in [-0.05, 0) is 37.8 Å². The van der Waals surface area contributed by atoms with E-state index in [2.05, 4.69) is 67.5 Å². The third-order valence-electron chi connectivity index (χ3n) is 4.59. The number of nitrogens with zero attached hydrogens (tertiary/aromatic N) is 2. The van der Waals surface area contributed by atoms with E-state index in [0.29, 0.717) is 5.92 Å². The molecule has 0 radical (unpaired) electrons. The second-order valence-electron chi connectivity index (χ2n) is 6.96. The third kappa shape index (κ3) is 6.67. The van der Waals surface area contributed by atoms with E-state index in [1.807, 2.05) is 0 Å². The van der Waals surface area contributed by atoms with E-state index in [4.69, 9.17) is 9.73 Å². The zero-order valence-electron chi connectivity index (χ0n) is 16.2. The molecular formula is C20H34N4O. The first-order valence-electron chi connectivity index (χ1n) is 9.50. The molecule has 2 rings (SSSR count). The summed E-state index contributed by atoms with van der Waals surface area (Å²) in [6.07, 6.45) is 0. The number of guanidine groups is 1. The molecule has 0 saturated carbocycles. The summed E-state index contributed by atoms with van der Waals surface area (Å²) in [5, 5.41) is 6.91. The van der Waals surface area contributed by atoms with Crippen molar-refractivity contribution >= 4 is 5.96 Å². The number of nitrogens with one attached hydrogen (secondary N) is 2. The molecule has 1 aromatic carbocycles. The molecule has 2 N–H and O–H groups in total. The average molecular weight is 347 g/mol. The highest BCUT2D eigenvalue weighted by Gasteiger charge is 2.14. The maximum Gasteiger partial charge on any atom is 0.191 e. The number of aliphatic imine (C=N–C) groups is 1. The van der Waals surface area contributed by atoms with Gasteiger partial charge >= 0.3 is 0 Å². The number of aryl methyl sites for hydroxylation is 1. The standard InChI is InChI=1S/C20H34N4O/c1-5-21-20(23-18(4)19-9-7-6-8-17(19)3)22-14-16(2)15-24-10-12-25-13-11-24/h6-9,16,18H,5,10-15H2,1-4H3,(H2,21,22,23). The minimum atomic E-state index is 0.230. The monoisotopic (exact) mass is 346 g/mol. The van der Waals surface area contributed by atoms with Crippen LogP contribution in [0, 0.1) is 12.8 Å². The molecule has 0 aromatic heterocycles. The molecule has 140 valence electrons. The zero-order valence-corrected chi connectivity index (χ0v) is 16.2. The third-order valence-corrected chi connectivity index (χ3v) is 4.59. The average Bonchev–Trinajstić information content (AvgIpc) is 2.61. The van der Waals surface area contributed by atoms with Crippen molar-refractivity contribution in [2.24, 2.45) is 10.9 Å². The largest absolute Gasteiger partial charge is 0.379 e. The lowest BCUT2D eigenvalue weighted by atomic mass is 10.0. The Bertz CT molecular complexity index is 540. The summed E-state index contributed by atoms with van der Waals surface area (Å²) in [5.74, 6) is 1.43. The predicted octanol–water partition coefficient (Wildman–Crippen LogP) is 2.58. The van der Waals surface area contributed by atoms with Crippen LogP contribution in [0.3, 0.4) is 0 Å². The van der Waals surface area contributed by atoms with Gasteiger partial charge in [0.05, 0.1) is 19.3 Å². The number of morpholine rings is 1. The van der Waals surface area contributed by atoms with E-state index < -0.39 is 0 Å².